The molecule has 1 aliphatic rings. The first-order valence-corrected chi connectivity index (χ1v) is 13.2. The Hall–Kier alpha value is -3.03. The van der Waals surface area contributed by atoms with E-state index in [0.29, 0.717) is 5.69 Å². The molecule has 11 nitrogen and oxygen atoms in total. The normalized spacial score (nSPS) is 15.7. The Labute approximate surface area is 209 Å². The van der Waals surface area contributed by atoms with E-state index in [1.54, 1.807) is 27.2 Å². The van der Waals surface area contributed by atoms with Gasteiger partial charge in [-0.25, -0.2) is 8.42 Å². The van der Waals surface area contributed by atoms with Crippen molar-refractivity contribution in [1.82, 2.24) is 25.3 Å². The van der Waals surface area contributed by atoms with Crippen LogP contribution in [0.2, 0.25) is 0 Å². The fraction of sp³-hybridized carbons (Fsp3) is 0.455. The van der Waals surface area contributed by atoms with Crippen LogP contribution in [0.1, 0.15) is 55.9 Å². The second-order valence-corrected chi connectivity index (χ2v) is 9.69. The number of ether oxygens (including phenoxy) is 1. The average Bonchev–Trinajstić information content (AvgIpc) is 2.85. The summed E-state index contributed by atoms with van der Waals surface area (Å²) in [6, 6.07) is 0. The van der Waals surface area contributed by atoms with Gasteiger partial charge in [-0.15, -0.1) is 0 Å². The molecule has 192 valence electrons. The van der Waals surface area contributed by atoms with E-state index in [1.807, 2.05) is 13.1 Å². The number of nitrogens with zero attached hydrogens (tertiary/aromatic N) is 4. The zero-order valence-electron chi connectivity index (χ0n) is 20.5. The monoisotopic (exact) mass is 524 g/mol. The van der Waals surface area contributed by atoms with Gasteiger partial charge in [0.05, 0.1) is 46.3 Å². The van der Waals surface area contributed by atoms with Crippen LogP contribution in [-0.2, 0) is 26.1 Å². The van der Waals surface area contributed by atoms with Crippen LogP contribution in [0.4, 0.5) is 0 Å². The molecule has 0 saturated carbocycles. The Morgan fingerprint density at radius 3 is 2.17 bits per heavy atom. The number of nitrogens with two attached hydrogens (primary N) is 1. The van der Waals surface area contributed by atoms with E-state index in [1.165, 1.54) is 18.0 Å². The zero-order valence-corrected chi connectivity index (χ0v) is 22.1. The van der Waals surface area contributed by atoms with Crippen LogP contribution in [0.15, 0.2) is 35.8 Å². The van der Waals surface area contributed by atoms with E-state index in [0.717, 1.165) is 47.4 Å². The van der Waals surface area contributed by atoms with Crippen molar-refractivity contribution in [3.63, 3.8) is 0 Å². The molecule has 0 amide bonds. The van der Waals surface area contributed by atoms with Crippen LogP contribution < -0.4 is 11.1 Å². The molecule has 1 atom stereocenters. The molecule has 0 spiro atoms. The minimum absolute atomic E-state index is 0.0208. The number of sulfone groups is 1. The lowest BCUT2D eigenvalue weighted by Gasteiger charge is -2.28. The van der Waals surface area contributed by atoms with Crippen LogP contribution in [0, 0.1) is 13.8 Å². The SMILES string of the molecule is CCC1=C(c2cnc(C)cn2)NC(OC)CC1.CCS(=O)(=O)C=C(N)c1cnc(C)cn1.O=S=O. The predicted octanol–water partition coefficient (Wildman–Crippen LogP) is 2.07. The van der Waals surface area contributed by atoms with Gasteiger partial charge in [0.1, 0.15) is 17.6 Å². The highest BCUT2D eigenvalue weighted by Gasteiger charge is 2.20. The first-order valence-electron chi connectivity index (χ1n) is 10.8. The van der Waals surface area contributed by atoms with Gasteiger partial charge in [0.15, 0.2) is 9.84 Å². The maximum absolute atomic E-state index is 11.2. The van der Waals surface area contributed by atoms with Crippen molar-refractivity contribution in [2.45, 2.75) is 53.2 Å². The van der Waals surface area contributed by atoms with E-state index in [-0.39, 0.29) is 17.7 Å². The topological polar surface area (TPSA) is 167 Å². The van der Waals surface area contributed by atoms with E-state index in [2.05, 4.69) is 32.2 Å². The number of methoxy groups -OCH3 is 1. The number of nitrogens with one attached hydrogen (secondary N) is 1. The third kappa shape index (κ3) is 10.4. The van der Waals surface area contributed by atoms with Crippen LogP contribution in [0.25, 0.3) is 11.4 Å². The van der Waals surface area contributed by atoms with E-state index in [4.69, 9.17) is 18.9 Å². The third-order valence-electron chi connectivity index (χ3n) is 4.90. The highest BCUT2D eigenvalue weighted by molar-refractivity contribution is 7.94. The molecule has 0 aliphatic carbocycles. The predicted molar refractivity (Wildman–Crippen MR) is 134 cm³/mol. The molecule has 1 aliphatic heterocycles. The fourth-order valence-corrected chi connectivity index (χ4v) is 3.63. The number of hydrogen-bond donors (Lipinski definition) is 2. The lowest BCUT2D eigenvalue weighted by Crippen LogP contribution is -2.34. The number of allylic oxidation sites excluding steroid dienone is 1. The van der Waals surface area contributed by atoms with Gasteiger partial charge in [-0.1, -0.05) is 13.8 Å². The minimum atomic E-state index is -3.23. The minimum Gasteiger partial charge on any atom is -0.396 e. The Balaban J connectivity index is 0.000000317. The summed E-state index contributed by atoms with van der Waals surface area (Å²) in [4.78, 5) is 16.7. The van der Waals surface area contributed by atoms with Crippen molar-refractivity contribution in [1.29, 1.82) is 0 Å². The van der Waals surface area contributed by atoms with Crippen molar-refractivity contribution in [2.75, 3.05) is 12.9 Å². The van der Waals surface area contributed by atoms with Gasteiger partial charge in [-0.3, -0.25) is 19.9 Å². The number of aromatic nitrogens is 4. The van der Waals surface area contributed by atoms with Gasteiger partial charge < -0.3 is 15.8 Å². The molecule has 3 N–H and O–H groups in total. The maximum atomic E-state index is 11.2. The lowest BCUT2D eigenvalue weighted by atomic mass is 9.99. The fourth-order valence-electron chi connectivity index (χ4n) is 2.95. The van der Waals surface area contributed by atoms with Crippen molar-refractivity contribution in [3.05, 3.63) is 58.5 Å². The molecule has 0 fully saturated rings. The van der Waals surface area contributed by atoms with Gasteiger partial charge in [-0.05, 0) is 38.7 Å². The molecule has 1 unspecified atom stereocenters. The summed E-state index contributed by atoms with van der Waals surface area (Å²) in [5, 5.41) is 4.41. The van der Waals surface area contributed by atoms with E-state index >= 15 is 0 Å². The molecule has 0 radical (unpaired) electrons. The number of hydrogen-bond acceptors (Lipinski definition) is 11. The van der Waals surface area contributed by atoms with Crippen LogP contribution >= 0.6 is 0 Å². The highest BCUT2D eigenvalue weighted by Crippen LogP contribution is 2.26. The third-order valence-corrected chi connectivity index (χ3v) is 6.32. The summed E-state index contributed by atoms with van der Waals surface area (Å²) in [6.07, 6.45) is 9.81. The summed E-state index contributed by atoms with van der Waals surface area (Å²) in [7, 11) is -1.50. The zero-order chi connectivity index (χ0) is 26.4. The Morgan fingerprint density at radius 1 is 1.11 bits per heavy atom. The summed E-state index contributed by atoms with van der Waals surface area (Å²) < 4.78 is 44.4. The van der Waals surface area contributed by atoms with Gasteiger partial charge in [0, 0.05) is 19.5 Å². The average molecular weight is 525 g/mol. The first kappa shape index (κ1) is 30.0. The lowest BCUT2D eigenvalue weighted by molar-refractivity contribution is 0.0771. The molecule has 2 aromatic heterocycles. The van der Waals surface area contributed by atoms with Crippen LogP contribution in [0.5, 0.6) is 0 Å². The van der Waals surface area contributed by atoms with Gasteiger partial charge in [0.25, 0.3) is 0 Å². The molecule has 35 heavy (non-hydrogen) atoms. The van der Waals surface area contributed by atoms with Crippen LogP contribution in [-0.4, -0.2) is 55.9 Å². The van der Waals surface area contributed by atoms with Crippen LogP contribution in [0.3, 0.4) is 0 Å². The molecule has 0 bridgehead atoms. The van der Waals surface area contributed by atoms with Gasteiger partial charge in [-0.2, -0.15) is 8.42 Å². The van der Waals surface area contributed by atoms with Crippen molar-refractivity contribution < 1.29 is 21.6 Å². The van der Waals surface area contributed by atoms with Crippen molar-refractivity contribution in [3.8, 4) is 0 Å². The smallest absolute Gasteiger partial charge is 0.335 e. The molecule has 2 aromatic rings. The Morgan fingerprint density at radius 2 is 1.71 bits per heavy atom. The Bertz CT molecular complexity index is 1140. The quantitative estimate of drug-likeness (QED) is 0.567. The summed E-state index contributed by atoms with van der Waals surface area (Å²) in [6.45, 7) is 7.46. The molecule has 13 heteroatoms. The summed E-state index contributed by atoms with van der Waals surface area (Å²) in [5.74, 6) is 0.0208. The van der Waals surface area contributed by atoms with Gasteiger partial charge in [0.2, 0.25) is 0 Å². The summed E-state index contributed by atoms with van der Waals surface area (Å²) in [5.41, 5.74) is 11.2. The molecular weight excluding hydrogens is 492 g/mol. The van der Waals surface area contributed by atoms with E-state index < -0.39 is 21.4 Å². The second kappa shape index (κ2) is 15.1. The highest BCUT2D eigenvalue weighted by atomic mass is 32.2. The molecular formula is C22H32N6O5S2. The molecule has 3 heterocycles. The van der Waals surface area contributed by atoms with Gasteiger partial charge >= 0.3 is 11.6 Å². The first-order chi connectivity index (χ1) is 16.6. The molecule has 0 saturated heterocycles. The maximum Gasteiger partial charge on any atom is 0.335 e. The van der Waals surface area contributed by atoms with Crippen molar-refractivity contribution >= 4 is 32.8 Å². The number of aryl methyl sites for hydroxylation is 2. The van der Waals surface area contributed by atoms with Crippen molar-refractivity contribution in [2.24, 2.45) is 5.73 Å². The standard InChI is InChI=1S/C13H19N3O.C9H13N3O2S.O2S/c1-4-10-5-6-12(17-3)16-13(10)11-8-14-9(2)7-15-11;1-3-15(13,14)6-8(10)9-5-11-7(2)4-12-9;1-3-2/h7-8,12,16H,4-6H2,1-3H3;4-6H,3,10H2,1-2H3;. The molecule has 0 aromatic carbocycles. The number of rotatable bonds is 6. The Kier molecular flexibility index (Phi) is 12.9. The summed E-state index contributed by atoms with van der Waals surface area (Å²) >= 11 is -0.750. The van der Waals surface area contributed by atoms with E-state index in [9.17, 15) is 8.42 Å². The largest absolute Gasteiger partial charge is 0.396 e. The second-order valence-electron chi connectivity index (χ2n) is 7.42. The molecule has 3 rings (SSSR count).